The zero-order chi connectivity index (χ0) is 53.0. The predicted octanol–water partition coefficient (Wildman–Crippen LogP) is 10.7. The Morgan fingerprint density at radius 3 is 0.969 bits per heavy atom. The minimum Gasteiger partial charge on any atom is -0.459 e. The lowest BCUT2D eigenvalue weighted by Gasteiger charge is -2.42. The van der Waals surface area contributed by atoms with Gasteiger partial charge in [-0.2, -0.15) is 123 Å². The summed E-state index contributed by atoms with van der Waals surface area (Å²) in [5, 5.41) is -2.96. The van der Waals surface area contributed by atoms with E-state index in [2.05, 4.69) is 9.47 Å². The molecule has 388 valence electrons. The van der Waals surface area contributed by atoms with Crippen LogP contribution in [0.2, 0.25) is 0 Å². The van der Waals surface area contributed by atoms with Crippen molar-refractivity contribution in [2.75, 3.05) is 46.7 Å². The second-order valence-electron chi connectivity index (χ2n) is 13.8. The normalized spacial score (nSPS) is 16.3. The van der Waals surface area contributed by atoms with Crippen LogP contribution < -0.4 is 0 Å². The summed E-state index contributed by atoms with van der Waals surface area (Å²) in [6, 6.07) is 0. The Bertz CT molecular complexity index is 1660. The van der Waals surface area contributed by atoms with Gasteiger partial charge in [-0.25, -0.2) is 17.6 Å². The maximum atomic E-state index is 14.3. The van der Waals surface area contributed by atoms with Crippen molar-refractivity contribution >= 4 is 23.7 Å². The van der Waals surface area contributed by atoms with Crippen LogP contribution in [0.15, 0.2) is 0 Å². The molecule has 0 aliphatic carbocycles. The highest BCUT2D eigenvalue weighted by Gasteiger charge is 2.95. The summed E-state index contributed by atoms with van der Waals surface area (Å²) < 4.78 is 440. The van der Waals surface area contributed by atoms with E-state index in [1.54, 1.807) is 0 Å². The molecular formula is C27H22F32NO4S+. The number of thioether (sulfide) groups is 1. The Morgan fingerprint density at radius 1 is 0.431 bits per heavy atom. The van der Waals surface area contributed by atoms with Crippen LogP contribution in [-0.2, 0) is 19.1 Å². The molecule has 1 unspecified atom stereocenters. The molecule has 0 radical (unpaired) electrons. The highest BCUT2D eigenvalue weighted by atomic mass is 32.2. The van der Waals surface area contributed by atoms with E-state index in [0.717, 1.165) is 0 Å². The number of hydrogen-bond acceptors (Lipinski definition) is 5. The third-order valence-electron chi connectivity index (χ3n) is 7.97. The highest BCUT2D eigenvalue weighted by Crippen LogP contribution is 2.64. The number of hydrogen-bond donors (Lipinski definition) is 0. The molecule has 5 nitrogen and oxygen atoms in total. The van der Waals surface area contributed by atoms with Gasteiger partial charge < -0.3 is 14.0 Å². The van der Waals surface area contributed by atoms with E-state index in [1.165, 1.54) is 21.1 Å². The number of quaternary nitrogens is 1. The van der Waals surface area contributed by atoms with Crippen LogP contribution in [0.5, 0.6) is 0 Å². The minimum absolute atomic E-state index is 0.301. The molecule has 0 aliphatic heterocycles. The molecule has 0 rings (SSSR count). The van der Waals surface area contributed by atoms with Crippen molar-refractivity contribution in [2.24, 2.45) is 0 Å². The van der Waals surface area contributed by atoms with Gasteiger partial charge in [-0.15, -0.1) is 11.8 Å². The van der Waals surface area contributed by atoms with E-state index >= 15 is 0 Å². The minimum atomic E-state index is -8.92. The lowest BCUT2D eigenvalue weighted by Crippen LogP contribution is -2.74. The standard InChI is InChI=1S/C27H22F32NO4S/c1-60(2,3)4-5-65-9(11(62)64-8-15(34,35)19(42,43)23(50,51)27(58,59)25(54,55)21(46,47)17(38,39)13(30)31)6-10(61)63-7-14(32,33)18(40,41)22(48,49)26(56,57)24(52,53)20(44,45)16(36,37)12(28)29/h9,12-13H,4-8H2,1-3H3/q+1. The van der Waals surface area contributed by atoms with Crippen molar-refractivity contribution in [2.45, 2.75) is 107 Å². The third-order valence-corrected chi connectivity index (χ3v) is 9.14. The molecule has 0 spiro atoms. The molecule has 0 fully saturated rings. The van der Waals surface area contributed by atoms with Crippen LogP contribution in [0.4, 0.5) is 140 Å². The monoisotopic (exact) mass is 1060 g/mol. The first-order chi connectivity index (χ1) is 28.0. The van der Waals surface area contributed by atoms with Crippen LogP contribution in [0.25, 0.3) is 0 Å². The zero-order valence-corrected chi connectivity index (χ0v) is 31.7. The van der Waals surface area contributed by atoms with Crippen molar-refractivity contribution in [3.63, 3.8) is 0 Å². The Kier molecular flexibility index (Phi) is 17.3. The van der Waals surface area contributed by atoms with Crippen molar-refractivity contribution in [1.82, 2.24) is 0 Å². The van der Waals surface area contributed by atoms with E-state index in [1.807, 2.05) is 0 Å². The summed E-state index contributed by atoms with van der Waals surface area (Å²) in [5.74, 6) is -124. The second-order valence-corrected chi connectivity index (χ2v) is 15.2. The summed E-state index contributed by atoms with van der Waals surface area (Å²) in [6.45, 7) is -8.23. The van der Waals surface area contributed by atoms with Gasteiger partial charge in [-0.05, 0) is 0 Å². The summed E-state index contributed by atoms with van der Waals surface area (Å²) in [5.41, 5.74) is 0. The molecule has 0 heterocycles. The van der Waals surface area contributed by atoms with E-state index in [9.17, 15) is 150 Å². The summed E-state index contributed by atoms with van der Waals surface area (Å²) in [7, 11) is 3.70. The van der Waals surface area contributed by atoms with Crippen LogP contribution in [0, 0.1) is 0 Å². The third kappa shape index (κ3) is 10.2. The van der Waals surface area contributed by atoms with E-state index in [0.29, 0.717) is 0 Å². The summed E-state index contributed by atoms with van der Waals surface area (Å²) in [4.78, 5) is 24.5. The fraction of sp³-hybridized carbons (Fsp3) is 0.926. The molecule has 0 aliphatic rings. The van der Waals surface area contributed by atoms with Gasteiger partial charge in [0.1, 0.15) is 5.25 Å². The lowest BCUT2D eigenvalue weighted by molar-refractivity contribution is -0.867. The van der Waals surface area contributed by atoms with Gasteiger partial charge in [0.05, 0.1) is 34.1 Å². The van der Waals surface area contributed by atoms with Crippen LogP contribution >= 0.6 is 11.8 Å². The van der Waals surface area contributed by atoms with Gasteiger partial charge in [0.2, 0.25) is 0 Å². The van der Waals surface area contributed by atoms with Crippen LogP contribution in [0.3, 0.4) is 0 Å². The Labute approximate surface area is 342 Å². The van der Waals surface area contributed by atoms with Gasteiger partial charge >= 0.3 is 108 Å². The molecule has 0 aromatic heterocycles. The first-order valence-corrected chi connectivity index (χ1v) is 16.6. The van der Waals surface area contributed by atoms with E-state index < -0.39 is 145 Å². The molecule has 0 aromatic rings. The Hall–Kier alpha value is -2.99. The average Bonchev–Trinajstić information content (AvgIpc) is 3.10. The first kappa shape index (κ1) is 62.0. The number of carbonyl (C=O) groups excluding carboxylic acids is 2. The molecule has 38 heteroatoms. The smallest absolute Gasteiger partial charge is 0.385 e. The zero-order valence-electron chi connectivity index (χ0n) is 30.9. The van der Waals surface area contributed by atoms with Gasteiger partial charge in [0, 0.05) is 5.75 Å². The van der Waals surface area contributed by atoms with Crippen molar-refractivity contribution < 1.29 is 164 Å². The molecule has 65 heavy (non-hydrogen) atoms. The van der Waals surface area contributed by atoms with E-state index in [-0.39, 0.29) is 16.2 Å². The number of ether oxygens (including phenoxy) is 2. The highest BCUT2D eigenvalue weighted by molar-refractivity contribution is 8.00. The van der Waals surface area contributed by atoms with Gasteiger partial charge in [-0.1, -0.05) is 0 Å². The maximum absolute atomic E-state index is 14.3. The van der Waals surface area contributed by atoms with Gasteiger partial charge in [-0.3, -0.25) is 9.59 Å². The number of esters is 2. The fourth-order valence-corrected chi connectivity index (χ4v) is 5.23. The van der Waals surface area contributed by atoms with Gasteiger partial charge in [0.15, 0.2) is 13.2 Å². The summed E-state index contributed by atoms with van der Waals surface area (Å²) in [6.07, 6.45) is -14.7. The number of nitrogens with zero attached hydrogens (tertiary/aromatic N) is 1. The van der Waals surface area contributed by atoms with E-state index in [4.69, 9.17) is 0 Å². The molecular weight excluding hydrogens is 1040 g/mol. The van der Waals surface area contributed by atoms with Crippen LogP contribution in [-0.4, -0.2) is 164 Å². The van der Waals surface area contributed by atoms with Gasteiger partial charge in [0.25, 0.3) is 0 Å². The number of carbonyl (C=O) groups is 2. The molecule has 0 saturated heterocycles. The molecule has 0 bridgehead atoms. The molecule has 0 aromatic carbocycles. The Morgan fingerprint density at radius 2 is 0.692 bits per heavy atom. The molecule has 0 saturated carbocycles. The quantitative estimate of drug-likeness (QED) is 0.0518. The predicted molar refractivity (Wildman–Crippen MR) is 147 cm³/mol. The first-order valence-electron chi connectivity index (χ1n) is 15.6. The number of alkyl halides is 32. The fourth-order valence-electron chi connectivity index (χ4n) is 3.83. The largest absolute Gasteiger partial charge is 0.459 e. The summed E-state index contributed by atoms with van der Waals surface area (Å²) >= 11 is -0.311. The number of rotatable bonds is 25. The topological polar surface area (TPSA) is 52.6 Å². The molecule has 0 amide bonds. The SMILES string of the molecule is C[N+](C)(C)CCSC(CC(=O)OCC(F)(F)C(F)(F)C(F)(F)C(F)(F)C(F)(F)C(F)(F)C(F)(F)C(F)F)C(=O)OCC(F)(F)C(F)(F)C(F)(F)C(F)(F)C(F)(F)C(F)(F)C(F)(F)C(F)F. The van der Waals surface area contributed by atoms with Crippen molar-refractivity contribution in [1.29, 1.82) is 0 Å². The molecule has 0 N–H and O–H groups in total. The second kappa shape index (κ2) is 18.2. The Balaban J connectivity index is 6.72. The lowest BCUT2D eigenvalue weighted by atomic mass is 9.89. The van der Waals surface area contributed by atoms with Crippen LogP contribution in [0.1, 0.15) is 6.42 Å². The van der Waals surface area contributed by atoms with Crippen molar-refractivity contribution in [3.8, 4) is 0 Å². The number of halogens is 32. The average molecular weight is 1060 g/mol. The van der Waals surface area contributed by atoms with Crippen molar-refractivity contribution in [3.05, 3.63) is 0 Å². The molecule has 1 atom stereocenters. The maximum Gasteiger partial charge on any atom is 0.385 e.